The van der Waals surface area contributed by atoms with Crippen LogP contribution in [0.5, 0.6) is 0 Å². The van der Waals surface area contributed by atoms with E-state index in [-0.39, 0.29) is 13.0 Å². The maximum absolute atomic E-state index is 12.6. The van der Waals surface area contributed by atoms with Gasteiger partial charge in [0.1, 0.15) is 5.60 Å². The van der Waals surface area contributed by atoms with E-state index in [1.165, 1.54) is 0 Å². The zero-order valence-electron chi connectivity index (χ0n) is 24.8. The van der Waals surface area contributed by atoms with E-state index in [1.54, 1.807) is 12.3 Å². The van der Waals surface area contributed by atoms with Gasteiger partial charge in [0.25, 0.3) is 0 Å². The minimum absolute atomic E-state index is 0.124. The van der Waals surface area contributed by atoms with E-state index in [0.29, 0.717) is 10.4 Å². The van der Waals surface area contributed by atoms with Gasteiger partial charge >= 0.3 is 5.97 Å². The molecule has 216 valence electrons. The molecule has 2 atom stereocenters. The molecule has 7 nitrogen and oxygen atoms in total. The van der Waals surface area contributed by atoms with Crippen LogP contribution in [0.15, 0.2) is 41.5 Å². The second kappa shape index (κ2) is 11.6. The van der Waals surface area contributed by atoms with Gasteiger partial charge in [0.15, 0.2) is 6.10 Å². The van der Waals surface area contributed by atoms with Crippen molar-refractivity contribution in [3.8, 4) is 0 Å². The zero-order chi connectivity index (χ0) is 29.3. The first kappa shape index (κ1) is 30.2. The fourth-order valence-corrected chi connectivity index (χ4v) is 5.47. The number of benzene rings is 1. The van der Waals surface area contributed by atoms with Crippen molar-refractivity contribution in [1.29, 1.82) is 0 Å². The molecular weight excluding hydrogens is 526 g/mol. The second-order valence-corrected chi connectivity index (χ2v) is 13.2. The molecule has 0 bridgehead atoms. The smallest absolute Gasteiger partial charge is 0.336 e. The molecule has 0 amide bonds. The summed E-state index contributed by atoms with van der Waals surface area (Å²) < 4.78 is 12.5. The average Bonchev–Trinajstić information content (AvgIpc) is 2.87. The van der Waals surface area contributed by atoms with Gasteiger partial charge in [-0.3, -0.25) is 9.98 Å². The summed E-state index contributed by atoms with van der Waals surface area (Å²) in [5.74, 6) is -1.11. The Morgan fingerprint density at radius 3 is 2.48 bits per heavy atom. The number of halogens is 1. The van der Waals surface area contributed by atoms with Gasteiger partial charge in [-0.05, 0) is 76.1 Å². The molecule has 8 heteroatoms. The number of carbonyl (C=O) groups is 1. The lowest BCUT2D eigenvalue weighted by Crippen LogP contribution is -2.54. The molecule has 40 heavy (non-hydrogen) atoms. The van der Waals surface area contributed by atoms with Crippen LogP contribution < -0.4 is 4.90 Å². The van der Waals surface area contributed by atoms with E-state index in [2.05, 4.69) is 29.8 Å². The van der Waals surface area contributed by atoms with E-state index < -0.39 is 23.3 Å². The van der Waals surface area contributed by atoms with Crippen LogP contribution in [0.4, 0.5) is 5.69 Å². The van der Waals surface area contributed by atoms with E-state index in [0.717, 1.165) is 59.7 Å². The molecule has 0 aliphatic carbocycles. The molecule has 1 aromatic heterocycles. The maximum Gasteiger partial charge on any atom is 0.336 e. The number of ether oxygens (including phenoxy) is 2. The van der Waals surface area contributed by atoms with E-state index >= 15 is 0 Å². The highest BCUT2D eigenvalue weighted by Gasteiger charge is 2.47. The highest BCUT2D eigenvalue weighted by atomic mass is 35.5. The number of aliphatic carboxylic acids is 1. The Morgan fingerprint density at radius 2 is 1.90 bits per heavy atom. The molecule has 4 rings (SSSR count). The molecule has 2 aliphatic rings. The monoisotopic (exact) mass is 567 g/mol. The lowest BCUT2D eigenvalue weighted by Gasteiger charge is -2.40. The molecule has 1 N–H and O–H groups in total. The molecule has 2 aliphatic heterocycles. The van der Waals surface area contributed by atoms with Crippen molar-refractivity contribution < 1.29 is 19.4 Å². The van der Waals surface area contributed by atoms with Crippen molar-refractivity contribution in [2.75, 3.05) is 18.0 Å². The molecule has 0 saturated carbocycles. The van der Waals surface area contributed by atoms with Crippen molar-refractivity contribution in [2.24, 2.45) is 10.4 Å². The van der Waals surface area contributed by atoms with Crippen LogP contribution in [0.2, 0.25) is 5.02 Å². The molecular formula is C32H42ClN3O4. The number of aromatic nitrogens is 1. The molecule has 2 aromatic rings. The van der Waals surface area contributed by atoms with Gasteiger partial charge in [0.05, 0.1) is 17.9 Å². The van der Waals surface area contributed by atoms with Gasteiger partial charge in [0, 0.05) is 53.9 Å². The summed E-state index contributed by atoms with van der Waals surface area (Å²) in [6.45, 7) is 16.1. The van der Waals surface area contributed by atoms with Gasteiger partial charge in [-0.1, -0.05) is 43.7 Å². The number of pyridine rings is 1. The SMILES string of the molecule is Cc1cc(N2CCC(C)(C)CC2)c(C2=CCC(OCc3c(C)cccc3Cl)(C(OC(C)(C)C)C(=O)O)C=N2)cn1. The Balaban J connectivity index is 1.68. The number of aliphatic imine (C=N–C) groups is 1. The Bertz CT molecular complexity index is 1280. The van der Waals surface area contributed by atoms with E-state index in [9.17, 15) is 9.90 Å². The highest BCUT2D eigenvalue weighted by Crippen LogP contribution is 2.39. The molecule has 1 saturated heterocycles. The third kappa shape index (κ3) is 6.93. The number of carboxylic acids is 1. The van der Waals surface area contributed by atoms with Gasteiger partial charge in [-0.25, -0.2) is 4.79 Å². The summed E-state index contributed by atoms with van der Waals surface area (Å²) in [5, 5.41) is 10.9. The molecule has 1 fully saturated rings. The van der Waals surface area contributed by atoms with Crippen LogP contribution in [-0.2, 0) is 20.9 Å². The zero-order valence-corrected chi connectivity index (χ0v) is 25.5. The third-order valence-electron chi connectivity index (χ3n) is 7.77. The summed E-state index contributed by atoms with van der Waals surface area (Å²) in [6.07, 6.45) is 6.64. The number of piperidine rings is 1. The van der Waals surface area contributed by atoms with E-state index in [4.69, 9.17) is 26.1 Å². The topological polar surface area (TPSA) is 84.2 Å². The largest absolute Gasteiger partial charge is 0.479 e. The lowest BCUT2D eigenvalue weighted by molar-refractivity contribution is -0.188. The maximum atomic E-state index is 12.6. The van der Waals surface area contributed by atoms with Crippen molar-refractivity contribution >= 4 is 35.2 Å². The Hall–Kier alpha value is -2.74. The highest BCUT2D eigenvalue weighted by molar-refractivity contribution is 6.31. The van der Waals surface area contributed by atoms with Crippen molar-refractivity contribution in [3.05, 3.63) is 63.9 Å². The molecule has 2 unspecified atom stereocenters. The normalized spacial score (nSPS) is 21.7. The lowest BCUT2D eigenvalue weighted by atomic mass is 9.82. The van der Waals surface area contributed by atoms with Gasteiger partial charge in [-0.15, -0.1) is 0 Å². The van der Waals surface area contributed by atoms with Crippen LogP contribution in [0, 0.1) is 19.3 Å². The number of nitrogens with zero attached hydrogens (tertiary/aromatic N) is 3. The fourth-order valence-electron chi connectivity index (χ4n) is 5.19. The standard InChI is InChI=1S/C32H42ClN3O4/c1-21-9-8-10-25(33)24(21)19-39-32(28(29(37)38)40-30(3,4)5)12-11-26(35-20-32)23-18-34-22(2)17-27(23)36-15-13-31(6,7)14-16-36/h8-11,17-18,20,28H,12-16,19H2,1-7H3,(H,37,38). The van der Waals surface area contributed by atoms with Crippen LogP contribution in [0.25, 0.3) is 5.70 Å². The van der Waals surface area contributed by atoms with Crippen LogP contribution in [-0.4, -0.2) is 52.7 Å². The summed E-state index contributed by atoms with van der Waals surface area (Å²) in [4.78, 5) is 24.4. The van der Waals surface area contributed by atoms with Crippen LogP contribution >= 0.6 is 11.6 Å². The Kier molecular flexibility index (Phi) is 8.79. The quantitative estimate of drug-likeness (QED) is 0.369. The first-order valence-corrected chi connectivity index (χ1v) is 14.3. The van der Waals surface area contributed by atoms with Crippen molar-refractivity contribution in [3.63, 3.8) is 0 Å². The number of aryl methyl sites for hydroxylation is 2. The van der Waals surface area contributed by atoms with Crippen molar-refractivity contribution in [2.45, 2.75) is 91.6 Å². The average molecular weight is 568 g/mol. The first-order chi connectivity index (χ1) is 18.7. The van der Waals surface area contributed by atoms with Gasteiger partial charge in [-0.2, -0.15) is 0 Å². The summed E-state index contributed by atoms with van der Waals surface area (Å²) >= 11 is 6.48. The number of rotatable bonds is 8. The first-order valence-electron chi connectivity index (χ1n) is 14.0. The second-order valence-electron chi connectivity index (χ2n) is 12.8. The minimum Gasteiger partial charge on any atom is -0.479 e. The summed E-state index contributed by atoms with van der Waals surface area (Å²) in [7, 11) is 0. The van der Waals surface area contributed by atoms with Crippen LogP contribution in [0.3, 0.4) is 0 Å². The van der Waals surface area contributed by atoms with Gasteiger partial charge in [0.2, 0.25) is 0 Å². The van der Waals surface area contributed by atoms with Gasteiger partial charge < -0.3 is 19.5 Å². The molecule has 3 heterocycles. The molecule has 1 aromatic carbocycles. The number of anilines is 1. The molecule has 0 spiro atoms. The number of hydrogen-bond donors (Lipinski definition) is 1. The minimum atomic E-state index is -1.33. The Labute approximate surface area is 243 Å². The summed E-state index contributed by atoms with van der Waals surface area (Å²) in [5.41, 5.74) is 3.79. The Morgan fingerprint density at radius 1 is 1.20 bits per heavy atom. The van der Waals surface area contributed by atoms with E-state index in [1.807, 2.05) is 59.0 Å². The summed E-state index contributed by atoms with van der Waals surface area (Å²) in [6, 6.07) is 7.76. The van der Waals surface area contributed by atoms with Crippen LogP contribution in [0.1, 0.15) is 76.3 Å². The number of carboxylic acid groups (broad SMARTS) is 1. The predicted molar refractivity (Wildman–Crippen MR) is 161 cm³/mol. The number of hydrogen-bond acceptors (Lipinski definition) is 6. The fraction of sp³-hybridized carbons (Fsp3) is 0.531. The molecule has 0 radical (unpaired) electrons. The third-order valence-corrected chi connectivity index (χ3v) is 8.12. The predicted octanol–water partition coefficient (Wildman–Crippen LogP) is 7.02. The van der Waals surface area contributed by atoms with Crippen molar-refractivity contribution in [1.82, 2.24) is 4.98 Å².